The molecule has 0 saturated heterocycles. The van der Waals surface area contributed by atoms with Crippen molar-refractivity contribution in [2.75, 3.05) is 17.1 Å². The number of nitrogens with zero attached hydrogens (tertiary/aromatic N) is 1. The molecule has 3 aromatic rings. The number of hydrogen-bond acceptors (Lipinski definition) is 5. The lowest BCUT2D eigenvalue weighted by Gasteiger charge is -2.27. The van der Waals surface area contributed by atoms with E-state index in [1.165, 1.54) is 24.3 Å². The second kappa shape index (κ2) is 11.0. The van der Waals surface area contributed by atoms with Crippen LogP contribution in [-0.4, -0.2) is 35.5 Å². The maximum Gasteiger partial charge on any atom is 0.264 e. The second-order valence-electron chi connectivity index (χ2n) is 8.58. The van der Waals surface area contributed by atoms with E-state index in [0.29, 0.717) is 28.3 Å². The summed E-state index contributed by atoms with van der Waals surface area (Å²) in [6.07, 6.45) is 1.65. The van der Waals surface area contributed by atoms with Gasteiger partial charge in [-0.15, -0.1) is 0 Å². The molecule has 0 aliphatic carbocycles. The third kappa shape index (κ3) is 6.27. The van der Waals surface area contributed by atoms with E-state index < -0.39 is 38.4 Å². The molecule has 0 aromatic heterocycles. The highest BCUT2D eigenvalue weighted by Crippen LogP contribution is 2.31. The van der Waals surface area contributed by atoms with Gasteiger partial charge in [-0.05, 0) is 67.8 Å². The standard InChI is InChI=1S/C26H29ClN2O5S2/c1-5-24(20-11-15-21(16-12-20)35(4,31)32)28-26(30)17-29(25-8-6-7-23(27)19(25)3)36(33,34)22-13-9-18(2)10-14-22/h6-16,24H,5,17H2,1-4H3,(H,28,30). The van der Waals surface area contributed by atoms with Crippen LogP contribution in [0.3, 0.4) is 0 Å². The molecule has 0 aliphatic heterocycles. The zero-order valence-corrected chi connectivity index (χ0v) is 22.9. The molecular weight excluding hydrogens is 520 g/mol. The monoisotopic (exact) mass is 548 g/mol. The number of anilines is 1. The van der Waals surface area contributed by atoms with Gasteiger partial charge in [0.2, 0.25) is 5.91 Å². The van der Waals surface area contributed by atoms with Gasteiger partial charge in [0.15, 0.2) is 9.84 Å². The average molecular weight is 549 g/mol. The molecule has 7 nitrogen and oxygen atoms in total. The number of rotatable bonds is 9. The van der Waals surface area contributed by atoms with Crippen molar-refractivity contribution in [3.63, 3.8) is 0 Å². The van der Waals surface area contributed by atoms with E-state index >= 15 is 0 Å². The molecule has 1 amide bonds. The molecule has 10 heteroatoms. The van der Waals surface area contributed by atoms with Gasteiger partial charge in [0.05, 0.1) is 21.5 Å². The molecular formula is C26H29ClN2O5S2. The van der Waals surface area contributed by atoms with Gasteiger partial charge in [0, 0.05) is 11.3 Å². The van der Waals surface area contributed by atoms with Crippen molar-refractivity contribution >= 4 is 43.1 Å². The first kappa shape index (κ1) is 27.7. The van der Waals surface area contributed by atoms with E-state index in [2.05, 4.69) is 5.32 Å². The van der Waals surface area contributed by atoms with E-state index in [4.69, 9.17) is 11.6 Å². The van der Waals surface area contributed by atoms with Crippen molar-refractivity contribution < 1.29 is 21.6 Å². The summed E-state index contributed by atoms with van der Waals surface area (Å²) in [5.41, 5.74) is 2.46. The predicted molar refractivity (Wildman–Crippen MR) is 143 cm³/mol. The Bertz CT molecular complexity index is 1450. The van der Waals surface area contributed by atoms with Crippen LogP contribution >= 0.6 is 11.6 Å². The summed E-state index contributed by atoms with van der Waals surface area (Å²) in [5, 5.41) is 3.26. The van der Waals surface area contributed by atoms with Crippen molar-refractivity contribution in [3.8, 4) is 0 Å². The Hall–Kier alpha value is -2.88. The number of amides is 1. The molecule has 0 radical (unpaired) electrons. The summed E-state index contributed by atoms with van der Waals surface area (Å²) in [5.74, 6) is -0.510. The van der Waals surface area contributed by atoms with Crippen LogP contribution in [0.4, 0.5) is 5.69 Å². The number of carbonyl (C=O) groups excluding carboxylic acids is 1. The van der Waals surface area contributed by atoms with Gasteiger partial charge in [-0.2, -0.15) is 0 Å². The number of nitrogens with one attached hydrogen (secondary N) is 1. The number of aryl methyl sites for hydroxylation is 1. The summed E-state index contributed by atoms with van der Waals surface area (Å²) < 4.78 is 51.9. The van der Waals surface area contributed by atoms with Crippen LogP contribution in [0.25, 0.3) is 0 Å². The summed E-state index contributed by atoms with van der Waals surface area (Å²) in [4.78, 5) is 13.4. The molecule has 3 rings (SSSR count). The van der Waals surface area contributed by atoms with Crippen molar-refractivity contribution in [2.24, 2.45) is 0 Å². The van der Waals surface area contributed by atoms with Crippen molar-refractivity contribution in [3.05, 3.63) is 88.4 Å². The van der Waals surface area contributed by atoms with Crippen LogP contribution in [-0.2, 0) is 24.7 Å². The largest absolute Gasteiger partial charge is 0.348 e. The normalized spacial score (nSPS) is 12.7. The molecule has 1 N–H and O–H groups in total. The van der Waals surface area contributed by atoms with Gasteiger partial charge in [-0.1, -0.05) is 54.4 Å². The zero-order chi connectivity index (χ0) is 26.7. The van der Waals surface area contributed by atoms with Crippen molar-refractivity contribution in [2.45, 2.75) is 43.0 Å². The van der Waals surface area contributed by atoms with Crippen molar-refractivity contribution in [1.82, 2.24) is 5.32 Å². The fraction of sp³-hybridized carbons (Fsp3) is 0.269. The van der Waals surface area contributed by atoms with E-state index in [-0.39, 0.29) is 9.79 Å². The van der Waals surface area contributed by atoms with Crippen LogP contribution in [0.5, 0.6) is 0 Å². The lowest BCUT2D eigenvalue weighted by molar-refractivity contribution is -0.120. The Morgan fingerprint density at radius 1 is 0.917 bits per heavy atom. The SMILES string of the molecule is CCC(NC(=O)CN(c1cccc(Cl)c1C)S(=O)(=O)c1ccc(C)cc1)c1ccc(S(C)(=O)=O)cc1. The highest BCUT2D eigenvalue weighted by atomic mass is 35.5. The van der Waals surface area contributed by atoms with E-state index in [1.54, 1.807) is 49.4 Å². The number of hydrogen-bond donors (Lipinski definition) is 1. The summed E-state index contributed by atoms with van der Waals surface area (Å²) in [6, 6.07) is 17.2. The Labute approximate surface area is 218 Å². The van der Waals surface area contributed by atoms with Gasteiger partial charge in [0.25, 0.3) is 10.0 Å². The summed E-state index contributed by atoms with van der Waals surface area (Å²) >= 11 is 6.28. The number of benzene rings is 3. The quantitative estimate of drug-likeness (QED) is 0.413. The molecule has 1 atom stereocenters. The minimum absolute atomic E-state index is 0.0590. The average Bonchev–Trinajstić information content (AvgIpc) is 2.83. The van der Waals surface area contributed by atoms with Gasteiger partial charge in [-0.25, -0.2) is 16.8 Å². The van der Waals surface area contributed by atoms with Crippen molar-refractivity contribution in [1.29, 1.82) is 0 Å². The molecule has 1 unspecified atom stereocenters. The minimum Gasteiger partial charge on any atom is -0.348 e. The topological polar surface area (TPSA) is 101 Å². The molecule has 0 spiro atoms. The van der Waals surface area contributed by atoms with E-state index in [0.717, 1.165) is 16.1 Å². The first-order chi connectivity index (χ1) is 16.8. The molecule has 0 bridgehead atoms. The highest BCUT2D eigenvalue weighted by molar-refractivity contribution is 7.93. The van der Waals surface area contributed by atoms with Crippen LogP contribution in [0.1, 0.15) is 36.1 Å². The van der Waals surface area contributed by atoms with Gasteiger partial charge < -0.3 is 5.32 Å². The molecule has 0 aliphatic rings. The molecule has 36 heavy (non-hydrogen) atoms. The lowest BCUT2D eigenvalue weighted by Crippen LogP contribution is -2.42. The van der Waals surface area contributed by atoms with Gasteiger partial charge in [-0.3, -0.25) is 9.10 Å². The maximum absolute atomic E-state index is 13.6. The Morgan fingerprint density at radius 2 is 1.50 bits per heavy atom. The minimum atomic E-state index is -4.09. The van der Waals surface area contributed by atoms with Crippen LogP contribution < -0.4 is 9.62 Å². The molecule has 0 saturated carbocycles. The molecule has 192 valence electrons. The predicted octanol–water partition coefficient (Wildman–Crippen LogP) is 4.82. The number of sulfone groups is 1. The number of halogens is 1. The fourth-order valence-electron chi connectivity index (χ4n) is 3.74. The summed E-state index contributed by atoms with van der Waals surface area (Å²) in [6.45, 7) is 4.97. The smallest absolute Gasteiger partial charge is 0.264 e. The number of sulfonamides is 1. The lowest BCUT2D eigenvalue weighted by atomic mass is 10.0. The molecule has 0 fully saturated rings. The number of carbonyl (C=O) groups is 1. The van der Waals surface area contributed by atoms with E-state index in [9.17, 15) is 21.6 Å². The van der Waals surface area contributed by atoms with Gasteiger partial charge >= 0.3 is 0 Å². The van der Waals surface area contributed by atoms with Crippen LogP contribution in [0.2, 0.25) is 5.02 Å². The van der Waals surface area contributed by atoms with E-state index in [1.807, 2.05) is 13.8 Å². The maximum atomic E-state index is 13.6. The van der Waals surface area contributed by atoms with Crippen LogP contribution in [0, 0.1) is 13.8 Å². The second-order valence-corrected chi connectivity index (χ2v) is 12.9. The van der Waals surface area contributed by atoms with Crippen LogP contribution in [0.15, 0.2) is 76.5 Å². The fourth-order valence-corrected chi connectivity index (χ4v) is 6.02. The Morgan fingerprint density at radius 3 is 2.06 bits per heavy atom. The third-order valence-corrected chi connectivity index (χ3v) is 9.17. The molecule has 3 aromatic carbocycles. The first-order valence-corrected chi connectivity index (χ1v) is 15.0. The summed E-state index contributed by atoms with van der Waals surface area (Å²) in [7, 11) is -7.43. The Balaban J connectivity index is 1.94. The zero-order valence-electron chi connectivity index (χ0n) is 20.5. The van der Waals surface area contributed by atoms with Gasteiger partial charge in [0.1, 0.15) is 6.54 Å². The highest BCUT2D eigenvalue weighted by Gasteiger charge is 2.29. The first-order valence-electron chi connectivity index (χ1n) is 11.3. The molecule has 0 heterocycles. The third-order valence-electron chi connectivity index (χ3n) is 5.86. The Kier molecular flexibility index (Phi) is 8.48.